The van der Waals surface area contributed by atoms with E-state index in [0.29, 0.717) is 12.2 Å². The van der Waals surface area contributed by atoms with Gasteiger partial charge in [-0.25, -0.2) is 0 Å². The van der Waals surface area contributed by atoms with E-state index in [4.69, 9.17) is 0 Å². The van der Waals surface area contributed by atoms with Gasteiger partial charge in [0.15, 0.2) is 5.82 Å². The highest BCUT2D eigenvalue weighted by Crippen LogP contribution is 2.22. The molecule has 0 saturated carbocycles. The molecule has 1 aromatic carbocycles. The number of aromatic nitrogens is 3. The average molecular weight is 282 g/mol. The molecule has 0 radical (unpaired) electrons. The molecule has 3 N–H and O–H groups in total. The van der Waals surface area contributed by atoms with Gasteiger partial charge in [-0.1, -0.05) is 25.1 Å². The molecule has 2 aromatic heterocycles. The summed E-state index contributed by atoms with van der Waals surface area (Å²) >= 11 is 0. The molecule has 5 heteroatoms. The smallest absolute Gasteiger partial charge is 0.230 e. The SMILES string of the molecule is CCc1cc(NC(=O)Cc2c(C)[nH]c3ccccc23)n[nH]1. The summed E-state index contributed by atoms with van der Waals surface area (Å²) in [6.07, 6.45) is 1.20. The van der Waals surface area contributed by atoms with E-state index in [1.165, 1.54) is 0 Å². The maximum atomic E-state index is 12.2. The molecule has 0 aliphatic heterocycles. The van der Waals surface area contributed by atoms with Crippen LogP contribution in [0.5, 0.6) is 0 Å². The lowest BCUT2D eigenvalue weighted by molar-refractivity contribution is -0.115. The number of amides is 1. The zero-order chi connectivity index (χ0) is 14.8. The van der Waals surface area contributed by atoms with Crippen molar-refractivity contribution in [3.63, 3.8) is 0 Å². The third-order valence-electron chi connectivity index (χ3n) is 3.64. The van der Waals surface area contributed by atoms with Crippen LogP contribution in [0.1, 0.15) is 23.9 Å². The normalized spacial score (nSPS) is 11.0. The highest BCUT2D eigenvalue weighted by molar-refractivity contribution is 5.95. The molecular formula is C16H18N4O. The van der Waals surface area contributed by atoms with Gasteiger partial charge in [0.05, 0.1) is 6.42 Å². The van der Waals surface area contributed by atoms with Crippen LogP contribution >= 0.6 is 0 Å². The fourth-order valence-electron chi connectivity index (χ4n) is 2.52. The van der Waals surface area contributed by atoms with Crippen LogP contribution in [-0.4, -0.2) is 21.1 Å². The van der Waals surface area contributed by atoms with Gasteiger partial charge in [-0.05, 0) is 25.0 Å². The third-order valence-corrected chi connectivity index (χ3v) is 3.64. The van der Waals surface area contributed by atoms with Gasteiger partial charge in [-0.15, -0.1) is 0 Å². The van der Waals surface area contributed by atoms with Crippen molar-refractivity contribution in [2.75, 3.05) is 5.32 Å². The molecule has 0 spiro atoms. The minimum Gasteiger partial charge on any atom is -0.358 e. The lowest BCUT2D eigenvalue weighted by atomic mass is 10.1. The van der Waals surface area contributed by atoms with Gasteiger partial charge in [0.1, 0.15) is 0 Å². The monoisotopic (exact) mass is 282 g/mol. The van der Waals surface area contributed by atoms with E-state index in [9.17, 15) is 4.79 Å². The van der Waals surface area contributed by atoms with E-state index in [0.717, 1.165) is 34.3 Å². The number of nitrogens with one attached hydrogen (secondary N) is 3. The fraction of sp³-hybridized carbons (Fsp3) is 0.250. The van der Waals surface area contributed by atoms with Crippen LogP contribution in [0.4, 0.5) is 5.82 Å². The van der Waals surface area contributed by atoms with Crippen molar-refractivity contribution in [3.05, 3.63) is 47.3 Å². The highest BCUT2D eigenvalue weighted by Gasteiger charge is 2.13. The zero-order valence-corrected chi connectivity index (χ0v) is 12.2. The Morgan fingerprint density at radius 3 is 2.90 bits per heavy atom. The van der Waals surface area contributed by atoms with Crippen molar-refractivity contribution < 1.29 is 4.79 Å². The summed E-state index contributed by atoms with van der Waals surface area (Å²) < 4.78 is 0. The molecule has 3 aromatic rings. The molecule has 0 atom stereocenters. The first-order valence-corrected chi connectivity index (χ1v) is 7.07. The quantitative estimate of drug-likeness (QED) is 0.688. The predicted octanol–water partition coefficient (Wildman–Crippen LogP) is 2.94. The van der Waals surface area contributed by atoms with Crippen LogP contribution < -0.4 is 5.32 Å². The molecule has 5 nitrogen and oxygen atoms in total. The number of para-hydroxylation sites is 1. The Labute approximate surface area is 122 Å². The number of hydrogen-bond acceptors (Lipinski definition) is 2. The van der Waals surface area contributed by atoms with E-state index in [1.807, 2.05) is 44.2 Å². The van der Waals surface area contributed by atoms with Crippen LogP contribution in [0.25, 0.3) is 10.9 Å². The molecular weight excluding hydrogens is 264 g/mol. The number of H-pyrrole nitrogens is 2. The number of hydrogen-bond donors (Lipinski definition) is 3. The first kappa shape index (κ1) is 13.4. The second-order valence-electron chi connectivity index (χ2n) is 5.13. The molecule has 2 heterocycles. The maximum Gasteiger partial charge on any atom is 0.230 e. The van der Waals surface area contributed by atoms with Gasteiger partial charge >= 0.3 is 0 Å². The molecule has 0 aliphatic carbocycles. The van der Waals surface area contributed by atoms with E-state index in [2.05, 4.69) is 20.5 Å². The number of benzene rings is 1. The van der Waals surface area contributed by atoms with Crippen molar-refractivity contribution >= 4 is 22.6 Å². The van der Waals surface area contributed by atoms with Gasteiger partial charge in [-0.2, -0.15) is 5.10 Å². The molecule has 0 bridgehead atoms. The minimum absolute atomic E-state index is 0.0583. The van der Waals surface area contributed by atoms with Crippen molar-refractivity contribution in [1.82, 2.24) is 15.2 Å². The average Bonchev–Trinajstić information content (AvgIpc) is 3.04. The topological polar surface area (TPSA) is 73.6 Å². The summed E-state index contributed by atoms with van der Waals surface area (Å²) in [5.74, 6) is 0.520. The molecule has 0 saturated heterocycles. The number of aromatic amines is 2. The largest absolute Gasteiger partial charge is 0.358 e. The van der Waals surface area contributed by atoms with Crippen LogP contribution in [0.3, 0.4) is 0 Å². The fourth-order valence-corrected chi connectivity index (χ4v) is 2.52. The summed E-state index contributed by atoms with van der Waals surface area (Å²) in [5.41, 5.74) is 4.14. The van der Waals surface area contributed by atoms with Crippen molar-refractivity contribution in [1.29, 1.82) is 0 Å². The molecule has 21 heavy (non-hydrogen) atoms. The second-order valence-corrected chi connectivity index (χ2v) is 5.13. The van der Waals surface area contributed by atoms with Crippen LogP contribution in [0, 0.1) is 6.92 Å². The number of carbonyl (C=O) groups excluding carboxylic acids is 1. The van der Waals surface area contributed by atoms with Gasteiger partial charge in [0.25, 0.3) is 0 Å². The van der Waals surface area contributed by atoms with Gasteiger partial charge < -0.3 is 10.3 Å². The Bertz CT molecular complexity index is 785. The van der Waals surface area contributed by atoms with E-state index < -0.39 is 0 Å². The Balaban J connectivity index is 1.78. The standard InChI is InChI=1S/C16H18N4O/c1-3-11-8-15(20-19-11)18-16(21)9-13-10(2)17-14-7-5-4-6-12(13)14/h4-8,17H,3,9H2,1-2H3,(H2,18,19,20,21). The Kier molecular flexibility index (Phi) is 3.48. The van der Waals surface area contributed by atoms with Crippen LogP contribution in [0.2, 0.25) is 0 Å². The third kappa shape index (κ3) is 2.67. The van der Waals surface area contributed by atoms with Gasteiger partial charge in [-0.3, -0.25) is 9.89 Å². The maximum absolute atomic E-state index is 12.2. The number of aryl methyl sites for hydroxylation is 2. The molecule has 1 amide bonds. The summed E-state index contributed by atoms with van der Waals surface area (Å²) in [5, 5.41) is 10.9. The number of anilines is 1. The lowest BCUT2D eigenvalue weighted by Gasteiger charge is -2.02. The van der Waals surface area contributed by atoms with Crippen molar-refractivity contribution in [2.45, 2.75) is 26.7 Å². The molecule has 3 rings (SSSR count). The van der Waals surface area contributed by atoms with E-state index >= 15 is 0 Å². The number of fused-ring (bicyclic) bond motifs is 1. The first-order valence-electron chi connectivity index (χ1n) is 7.07. The number of carbonyl (C=O) groups is 1. The zero-order valence-electron chi connectivity index (χ0n) is 12.2. The van der Waals surface area contributed by atoms with Crippen molar-refractivity contribution in [3.8, 4) is 0 Å². The Morgan fingerprint density at radius 1 is 1.33 bits per heavy atom. The molecule has 0 aliphatic rings. The highest BCUT2D eigenvalue weighted by atomic mass is 16.1. The molecule has 108 valence electrons. The van der Waals surface area contributed by atoms with Gasteiger partial charge in [0, 0.05) is 28.4 Å². The first-order chi connectivity index (χ1) is 10.2. The summed E-state index contributed by atoms with van der Waals surface area (Å²) in [7, 11) is 0. The van der Waals surface area contributed by atoms with Crippen LogP contribution in [-0.2, 0) is 17.6 Å². The summed E-state index contributed by atoms with van der Waals surface area (Å²) in [4.78, 5) is 15.5. The van der Waals surface area contributed by atoms with Gasteiger partial charge in [0.2, 0.25) is 5.91 Å². The second kappa shape index (κ2) is 5.44. The van der Waals surface area contributed by atoms with Crippen LogP contribution in [0.15, 0.2) is 30.3 Å². The minimum atomic E-state index is -0.0583. The number of rotatable bonds is 4. The lowest BCUT2D eigenvalue weighted by Crippen LogP contribution is -2.15. The summed E-state index contributed by atoms with van der Waals surface area (Å²) in [6, 6.07) is 9.88. The summed E-state index contributed by atoms with van der Waals surface area (Å²) in [6.45, 7) is 4.03. The Hall–Kier alpha value is -2.56. The van der Waals surface area contributed by atoms with E-state index in [-0.39, 0.29) is 5.91 Å². The molecule has 0 fully saturated rings. The Morgan fingerprint density at radius 2 is 2.14 bits per heavy atom. The molecule has 0 unspecified atom stereocenters. The predicted molar refractivity (Wildman–Crippen MR) is 83.3 cm³/mol. The van der Waals surface area contributed by atoms with Crippen molar-refractivity contribution in [2.24, 2.45) is 0 Å². The van der Waals surface area contributed by atoms with E-state index in [1.54, 1.807) is 0 Å². The number of nitrogens with zero attached hydrogens (tertiary/aromatic N) is 1.